The van der Waals surface area contributed by atoms with Crippen LogP contribution in [-0.4, -0.2) is 47.1 Å². The molecule has 0 aliphatic carbocycles. The fraction of sp³-hybridized carbons (Fsp3) is 0.286. The van der Waals surface area contributed by atoms with Crippen molar-refractivity contribution in [3.05, 3.63) is 75.9 Å². The fourth-order valence-corrected chi connectivity index (χ4v) is 3.76. The van der Waals surface area contributed by atoms with Crippen LogP contribution in [0.3, 0.4) is 0 Å². The molecular formula is C21H19F3N4O4. The number of aromatic nitrogens is 2. The summed E-state index contributed by atoms with van der Waals surface area (Å²) in [5.74, 6) is -0.522. The summed E-state index contributed by atoms with van der Waals surface area (Å²) in [7, 11) is 0. The standard InChI is InChI=1S/C21H19F3N4O4/c22-21(23,24)18-14(9-15(19(25)29)20(30)27-18)12-1-3-13(4-2-12)17(16-10-26-11-32-16)28-5-7-31-8-6-28/h1-4,9-11,17H,5-8H2,(H2,25,29)(H,27,30). The molecule has 1 aliphatic heterocycles. The van der Waals surface area contributed by atoms with Crippen molar-refractivity contribution in [2.45, 2.75) is 12.2 Å². The average molecular weight is 448 g/mol. The van der Waals surface area contributed by atoms with Crippen LogP contribution in [-0.2, 0) is 10.9 Å². The maximum absolute atomic E-state index is 13.6. The highest BCUT2D eigenvalue weighted by molar-refractivity contribution is 5.93. The summed E-state index contributed by atoms with van der Waals surface area (Å²) < 4.78 is 51.6. The molecule has 0 spiro atoms. The fourth-order valence-electron chi connectivity index (χ4n) is 3.76. The zero-order valence-corrected chi connectivity index (χ0v) is 16.7. The molecule has 11 heteroatoms. The van der Waals surface area contributed by atoms with Crippen LogP contribution >= 0.6 is 0 Å². The number of hydrogen-bond acceptors (Lipinski definition) is 6. The third kappa shape index (κ3) is 4.30. The lowest BCUT2D eigenvalue weighted by molar-refractivity contribution is -0.140. The van der Waals surface area contributed by atoms with Gasteiger partial charge in [0.2, 0.25) is 0 Å². The van der Waals surface area contributed by atoms with E-state index in [2.05, 4.69) is 9.88 Å². The summed E-state index contributed by atoms with van der Waals surface area (Å²) in [4.78, 5) is 31.2. The predicted molar refractivity (Wildman–Crippen MR) is 107 cm³/mol. The van der Waals surface area contributed by atoms with Gasteiger partial charge in [-0.2, -0.15) is 13.2 Å². The molecule has 1 atom stereocenters. The molecule has 2 aromatic heterocycles. The topological polar surface area (TPSA) is 114 Å². The third-order valence-electron chi connectivity index (χ3n) is 5.26. The van der Waals surface area contributed by atoms with E-state index in [1.807, 2.05) is 0 Å². The molecule has 8 nitrogen and oxygen atoms in total. The number of nitrogens with two attached hydrogens (primary N) is 1. The van der Waals surface area contributed by atoms with Gasteiger partial charge in [0.25, 0.3) is 11.5 Å². The van der Waals surface area contributed by atoms with Gasteiger partial charge in [0.05, 0.1) is 25.5 Å². The number of nitrogens with one attached hydrogen (secondary N) is 1. The number of morpholine rings is 1. The van der Waals surface area contributed by atoms with Gasteiger partial charge < -0.3 is 19.9 Å². The summed E-state index contributed by atoms with van der Waals surface area (Å²) in [6.07, 6.45) is -1.92. The molecule has 1 aliphatic rings. The van der Waals surface area contributed by atoms with Crippen molar-refractivity contribution in [2.75, 3.05) is 26.3 Å². The van der Waals surface area contributed by atoms with Gasteiger partial charge in [0.1, 0.15) is 17.0 Å². The van der Waals surface area contributed by atoms with Crippen LogP contribution in [0, 0.1) is 0 Å². The van der Waals surface area contributed by atoms with Gasteiger partial charge in [-0.3, -0.25) is 14.5 Å². The van der Waals surface area contributed by atoms with E-state index in [0.29, 0.717) is 32.1 Å². The molecule has 0 radical (unpaired) electrons. The smallest absolute Gasteiger partial charge is 0.431 e. The molecule has 3 aromatic rings. The van der Waals surface area contributed by atoms with Crippen molar-refractivity contribution < 1.29 is 27.1 Å². The molecule has 0 saturated carbocycles. The number of alkyl halides is 3. The summed E-state index contributed by atoms with van der Waals surface area (Å²) >= 11 is 0. The first-order chi connectivity index (χ1) is 15.3. The van der Waals surface area contributed by atoms with Gasteiger partial charge in [0, 0.05) is 18.7 Å². The molecule has 3 N–H and O–H groups in total. The molecule has 1 aromatic carbocycles. The largest absolute Gasteiger partial charge is 0.446 e. The molecular weight excluding hydrogens is 429 g/mol. The summed E-state index contributed by atoms with van der Waals surface area (Å²) in [6.45, 7) is 2.39. The van der Waals surface area contributed by atoms with E-state index in [-0.39, 0.29) is 17.2 Å². The quantitative estimate of drug-likeness (QED) is 0.620. The van der Waals surface area contributed by atoms with Crippen LogP contribution in [0.5, 0.6) is 0 Å². The Morgan fingerprint density at radius 1 is 1.19 bits per heavy atom. The lowest BCUT2D eigenvalue weighted by Gasteiger charge is -2.33. The molecule has 1 unspecified atom stereocenters. The Morgan fingerprint density at radius 3 is 2.44 bits per heavy atom. The molecule has 1 fully saturated rings. The highest BCUT2D eigenvalue weighted by Gasteiger charge is 2.36. The van der Waals surface area contributed by atoms with Gasteiger partial charge in [-0.1, -0.05) is 24.3 Å². The monoisotopic (exact) mass is 448 g/mol. The number of oxazole rings is 1. The average Bonchev–Trinajstić information content (AvgIpc) is 3.28. The number of rotatable bonds is 5. The van der Waals surface area contributed by atoms with Crippen LogP contribution in [0.1, 0.15) is 33.4 Å². The molecule has 1 saturated heterocycles. The number of hydrogen-bond donors (Lipinski definition) is 2. The molecule has 3 heterocycles. The Balaban J connectivity index is 1.77. The van der Waals surface area contributed by atoms with Crippen molar-refractivity contribution in [3.63, 3.8) is 0 Å². The van der Waals surface area contributed by atoms with Crippen LogP contribution in [0.15, 0.2) is 52.1 Å². The van der Waals surface area contributed by atoms with Crippen LogP contribution in [0.2, 0.25) is 0 Å². The molecule has 0 bridgehead atoms. The van der Waals surface area contributed by atoms with Crippen molar-refractivity contribution in [3.8, 4) is 11.1 Å². The Labute approximate surface area is 179 Å². The number of halogens is 3. The molecule has 4 rings (SSSR count). The number of amides is 1. The Hall–Kier alpha value is -3.44. The Morgan fingerprint density at radius 2 is 1.88 bits per heavy atom. The van der Waals surface area contributed by atoms with Crippen molar-refractivity contribution in [1.29, 1.82) is 0 Å². The number of pyridine rings is 1. The summed E-state index contributed by atoms with van der Waals surface area (Å²) in [5.41, 5.74) is 2.75. The Kier molecular flexibility index (Phi) is 5.85. The van der Waals surface area contributed by atoms with Crippen LogP contribution in [0.25, 0.3) is 11.1 Å². The van der Waals surface area contributed by atoms with E-state index in [1.54, 1.807) is 23.3 Å². The lowest BCUT2D eigenvalue weighted by Crippen LogP contribution is -2.39. The van der Waals surface area contributed by atoms with Crippen LogP contribution in [0.4, 0.5) is 13.2 Å². The maximum Gasteiger partial charge on any atom is 0.431 e. The third-order valence-corrected chi connectivity index (χ3v) is 5.26. The number of carbonyl (C=O) groups is 1. The number of ether oxygens (including phenoxy) is 1. The first kappa shape index (κ1) is 21.8. The minimum atomic E-state index is -4.83. The Bertz CT molecular complexity index is 1150. The van der Waals surface area contributed by atoms with E-state index in [4.69, 9.17) is 14.9 Å². The maximum atomic E-state index is 13.6. The van der Waals surface area contributed by atoms with Gasteiger partial charge >= 0.3 is 6.18 Å². The van der Waals surface area contributed by atoms with Crippen molar-refractivity contribution >= 4 is 5.91 Å². The SMILES string of the molecule is NC(=O)c1cc(-c2ccc(C(c3cnco3)N3CCOCC3)cc2)c(C(F)(F)F)[nH]c1=O. The van der Waals surface area contributed by atoms with Gasteiger partial charge in [-0.25, -0.2) is 4.98 Å². The lowest BCUT2D eigenvalue weighted by atomic mass is 9.96. The van der Waals surface area contributed by atoms with Gasteiger partial charge in [-0.05, 0) is 17.2 Å². The number of carbonyl (C=O) groups excluding carboxylic acids is 1. The highest BCUT2D eigenvalue weighted by atomic mass is 19.4. The van der Waals surface area contributed by atoms with Gasteiger partial charge in [0.15, 0.2) is 6.39 Å². The summed E-state index contributed by atoms with van der Waals surface area (Å²) in [5, 5.41) is 0. The number of primary amides is 1. The van der Waals surface area contributed by atoms with E-state index in [1.165, 1.54) is 18.5 Å². The van der Waals surface area contributed by atoms with E-state index in [0.717, 1.165) is 11.6 Å². The highest BCUT2D eigenvalue weighted by Crippen LogP contribution is 2.36. The van der Waals surface area contributed by atoms with E-state index in [9.17, 15) is 22.8 Å². The summed E-state index contributed by atoms with van der Waals surface area (Å²) in [6, 6.07) is 6.91. The van der Waals surface area contributed by atoms with Gasteiger partial charge in [-0.15, -0.1) is 0 Å². The molecule has 32 heavy (non-hydrogen) atoms. The zero-order chi connectivity index (χ0) is 22.9. The first-order valence-electron chi connectivity index (χ1n) is 9.70. The minimum absolute atomic E-state index is 0.165. The first-order valence-corrected chi connectivity index (χ1v) is 9.70. The second-order valence-corrected chi connectivity index (χ2v) is 7.24. The number of nitrogens with zero attached hydrogens (tertiary/aromatic N) is 2. The number of aromatic amines is 1. The van der Waals surface area contributed by atoms with E-state index >= 15 is 0 Å². The normalized spacial score (nSPS) is 16.1. The van der Waals surface area contributed by atoms with Crippen molar-refractivity contribution in [2.24, 2.45) is 5.73 Å². The zero-order valence-electron chi connectivity index (χ0n) is 16.7. The second-order valence-electron chi connectivity index (χ2n) is 7.24. The van der Waals surface area contributed by atoms with Crippen LogP contribution < -0.4 is 11.3 Å². The molecule has 168 valence electrons. The van der Waals surface area contributed by atoms with Crippen molar-refractivity contribution in [1.82, 2.24) is 14.9 Å². The van der Waals surface area contributed by atoms with E-state index < -0.39 is 28.9 Å². The number of H-pyrrole nitrogens is 1. The second kappa shape index (κ2) is 8.60. The number of benzene rings is 1. The predicted octanol–water partition coefficient (Wildman–Crippen LogP) is 2.57. The molecule has 1 amide bonds. The minimum Gasteiger partial charge on any atom is -0.446 e.